The molecule has 0 fully saturated rings. The van der Waals surface area contributed by atoms with E-state index in [0.717, 1.165) is 0 Å². The molecule has 3 N–H and O–H groups in total. The molecule has 0 saturated carbocycles. The summed E-state index contributed by atoms with van der Waals surface area (Å²) in [4.78, 5) is 27.7. The van der Waals surface area contributed by atoms with Crippen LogP contribution in [0.5, 0.6) is 0 Å². The molecule has 21 heavy (non-hydrogen) atoms. The van der Waals surface area contributed by atoms with Crippen molar-refractivity contribution in [1.29, 1.82) is 0 Å². The molecule has 0 spiro atoms. The summed E-state index contributed by atoms with van der Waals surface area (Å²) in [6, 6.07) is 8.17. The maximum atomic E-state index is 11.9. The van der Waals surface area contributed by atoms with Crippen LogP contribution in [0.25, 0.3) is 0 Å². The van der Waals surface area contributed by atoms with Crippen LogP contribution in [0.2, 0.25) is 0 Å². The van der Waals surface area contributed by atoms with Crippen molar-refractivity contribution in [2.45, 2.75) is 19.4 Å². The number of benzene rings is 1. The van der Waals surface area contributed by atoms with Gasteiger partial charge in [0, 0.05) is 18.5 Å². The van der Waals surface area contributed by atoms with Gasteiger partial charge in [0.2, 0.25) is 5.91 Å². The molecule has 1 atom stereocenters. The van der Waals surface area contributed by atoms with Crippen LogP contribution in [0.3, 0.4) is 0 Å². The summed E-state index contributed by atoms with van der Waals surface area (Å²) in [6.45, 7) is 2.07. The second-order valence-electron chi connectivity index (χ2n) is 4.53. The van der Waals surface area contributed by atoms with E-state index >= 15 is 0 Å². The highest BCUT2D eigenvalue weighted by molar-refractivity contribution is 5.97. The van der Waals surface area contributed by atoms with E-state index in [9.17, 15) is 9.59 Å². The van der Waals surface area contributed by atoms with Crippen molar-refractivity contribution in [3.8, 4) is 0 Å². The Morgan fingerprint density at radius 1 is 1.29 bits per heavy atom. The van der Waals surface area contributed by atoms with Crippen LogP contribution in [-0.4, -0.2) is 39.6 Å². The first kappa shape index (κ1) is 14.7. The third-order valence-electron chi connectivity index (χ3n) is 2.90. The number of H-pyrrole nitrogens is 1. The lowest BCUT2D eigenvalue weighted by Crippen LogP contribution is -2.45. The molecular weight excluding hydrogens is 270 g/mol. The number of rotatable bonds is 6. The minimum atomic E-state index is -0.604. The van der Waals surface area contributed by atoms with Gasteiger partial charge in [0.05, 0.1) is 0 Å². The maximum absolute atomic E-state index is 11.9. The van der Waals surface area contributed by atoms with Gasteiger partial charge in [-0.3, -0.25) is 14.7 Å². The fraction of sp³-hybridized carbons (Fsp3) is 0.286. The van der Waals surface area contributed by atoms with E-state index in [-0.39, 0.29) is 11.8 Å². The smallest absolute Gasteiger partial charge is 0.251 e. The summed E-state index contributed by atoms with van der Waals surface area (Å²) in [7, 11) is 0. The number of amides is 2. The fourth-order valence-electron chi connectivity index (χ4n) is 1.74. The first-order valence-corrected chi connectivity index (χ1v) is 6.64. The molecular formula is C14H17N5O2. The Morgan fingerprint density at radius 3 is 2.71 bits per heavy atom. The van der Waals surface area contributed by atoms with E-state index in [1.165, 1.54) is 6.33 Å². The lowest BCUT2D eigenvalue weighted by Gasteiger charge is -2.13. The zero-order valence-electron chi connectivity index (χ0n) is 11.7. The molecule has 0 radical (unpaired) electrons. The average Bonchev–Trinajstić information content (AvgIpc) is 3.01. The van der Waals surface area contributed by atoms with Crippen molar-refractivity contribution in [2.75, 3.05) is 6.54 Å². The van der Waals surface area contributed by atoms with E-state index in [1.54, 1.807) is 31.2 Å². The summed E-state index contributed by atoms with van der Waals surface area (Å²) in [6.07, 6.45) is 1.98. The first-order chi connectivity index (χ1) is 10.2. The van der Waals surface area contributed by atoms with E-state index in [0.29, 0.717) is 24.4 Å². The van der Waals surface area contributed by atoms with Gasteiger partial charge < -0.3 is 10.6 Å². The predicted molar refractivity (Wildman–Crippen MR) is 76.5 cm³/mol. The van der Waals surface area contributed by atoms with Crippen LogP contribution in [0, 0.1) is 0 Å². The third kappa shape index (κ3) is 4.41. The number of hydrogen-bond acceptors (Lipinski definition) is 4. The molecule has 0 saturated heterocycles. The third-order valence-corrected chi connectivity index (χ3v) is 2.90. The van der Waals surface area contributed by atoms with Gasteiger partial charge >= 0.3 is 0 Å². The van der Waals surface area contributed by atoms with Crippen molar-refractivity contribution in [1.82, 2.24) is 25.8 Å². The van der Waals surface area contributed by atoms with Gasteiger partial charge in [-0.15, -0.1) is 0 Å². The highest BCUT2D eigenvalue weighted by Crippen LogP contribution is 1.98. The molecule has 0 bridgehead atoms. The topological polar surface area (TPSA) is 99.8 Å². The Hall–Kier alpha value is -2.70. The van der Waals surface area contributed by atoms with Gasteiger partial charge in [-0.25, -0.2) is 4.98 Å². The average molecular weight is 287 g/mol. The van der Waals surface area contributed by atoms with E-state index < -0.39 is 6.04 Å². The zero-order valence-corrected chi connectivity index (χ0v) is 11.7. The molecule has 1 aromatic heterocycles. The zero-order chi connectivity index (χ0) is 15.1. The molecule has 0 aliphatic rings. The van der Waals surface area contributed by atoms with Gasteiger partial charge in [0.1, 0.15) is 18.2 Å². The van der Waals surface area contributed by atoms with Crippen molar-refractivity contribution in [3.63, 3.8) is 0 Å². The second-order valence-corrected chi connectivity index (χ2v) is 4.53. The minimum absolute atomic E-state index is 0.237. The number of carbonyl (C=O) groups excluding carboxylic acids is 2. The molecule has 2 aromatic rings. The lowest BCUT2D eigenvalue weighted by atomic mass is 10.2. The largest absolute Gasteiger partial charge is 0.354 e. The van der Waals surface area contributed by atoms with Crippen LogP contribution >= 0.6 is 0 Å². The number of nitrogens with zero attached hydrogens (tertiary/aromatic N) is 2. The molecule has 2 rings (SSSR count). The quantitative estimate of drug-likeness (QED) is 0.710. The van der Waals surface area contributed by atoms with Gasteiger partial charge in [0.15, 0.2) is 0 Å². The molecule has 110 valence electrons. The minimum Gasteiger partial charge on any atom is -0.354 e. The van der Waals surface area contributed by atoms with Crippen LogP contribution in [-0.2, 0) is 11.2 Å². The Kier molecular flexibility index (Phi) is 5.03. The highest BCUT2D eigenvalue weighted by atomic mass is 16.2. The molecule has 1 aromatic carbocycles. The van der Waals surface area contributed by atoms with Crippen molar-refractivity contribution >= 4 is 11.8 Å². The molecule has 1 unspecified atom stereocenters. The Morgan fingerprint density at radius 2 is 2.05 bits per heavy atom. The SMILES string of the molecule is CC(NC(=O)c1ccccc1)C(=O)NCCc1ncn[nH]1. The van der Waals surface area contributed by atoms with Crippen LogP contribution < -0.4 is 10.6 Å². The molecule has 0 aliphatic carbocycles. The molecule has 1 heterocycles. The monoisotopic (exact) mass is 287 g/mol. The maximum Gasteiger partial charge on any atom is 0.251 e. The molecule has 7 nitrogen and oxygen atoms in total. The first-order valence-electron chi connectivity index (χ1n) is 6.64. The van der Waals surface area contributed by atoms with E-state index in [4.69, 9.17) is 0 Å². The number of hydrogen-bond donors (Lipinski definition) is 3. The standard InChI is InChI=1S/C14H17N5O2/c1-10(18-14(21)11-5-3-2-4-6-11)13(20)15-8-7-12-16-9-17-19-12/h2-6,9-10H,7-8H2,1H3,(H,15,20)(H,18,21)(H,16,17,19). The fourth-order valence-corrected chi connectivity index (χ4v) is 1.74. The van der Waals surface area contributed by atoms with E-state index in [2.05, 4.69) is 25.8 Å². The molecule has 0 aliphatic heterocycles. The number of aromatic nitrogens is 3. The summed E-state index contributed by atoms with van der Waals surface area (Å²) in [5, 5.41) is 11.8. The van der Waals surface area contributed by atoms with Crippen LogP contribution in [0.4, 0.5) is 0 Å². The van der Waals surface area contributed by atoms with Gasteiger partial charge in [-0.05, 0) is 19.1 Å². The molecule has 7 heteroatoms. The summed E-state index contributed by atoms with van der Waals surface area (Å²) in [5.74, 6) is 0.198. The Labute approximate surface area is 122 Å². The van der Waals surface area contributed by atoms with Gasteiger partial charge in [-0.2, -0.15) is 5.10 Å². The summed E-state index contributed by atoms with van der Waals surface area (Å²) < 4.78 is 0. The van der Waals surface area contributed by atoms with Crippen molar-refractivity contribution in [3.05, 3.63) is 48.0 Å². The Bertz CT molecular complexity index is 583. The van der Waals surface area contributed by atoms with Crippen LogP contribution in [0.1, 0.15) is 23.1 Å². The highest BCUT2D eigenvalue weighted by Gasteiger charge is 2.15. The number of nitrogens with one attached hydrogen (secondary N) is 3. The predicted octanol–water partition coefficient (Wildman–Crippen LogP) is 0.282. The van der Waals surface area contributed by atoms with Crippen LogP contribution in [0.15, 0.2) is 36.7 Å². The van der Waals surface area contributed by atoms with Gasteiger partial charge in [0.25, 0.3) is 5.91 Å². The lowest BCUT2D eigenvalue weighted by molar-refractivity contribution is -0.122. The number of carbonyl (C=O) groups is 2. The van der Waals surface area contributed by atoms with Gasteiger partial charge in [-0.1, -0.05) is 18.2 Å². The normalized spacial score (nSPS) is 11.7. The van der Waals surface area contributed by atoms with Crippen molar-refractivity contribution < 1.29 is 9.59 Å². The molecule has 2 amide bonds. The summed E-state index contributed by atoms with van der Waals surface area (Å²) in [5.41, 5.74) is 0.527. The Balaban J connectivity index is 1.76. The second kappa shape index (κ2) is 7.18. The van der Waals surface area contributed by atoms with E-state index in [1.807, 2.05) is 6.07 Å². The number of aromatic amines is 1. The summed E-state index contributed by atoms with van der Waals surface area (Å²) >= 11 is 0. The van der Waals surface area contributed by atoms with Crippen molar-refractivity contribution in [2.24, 2.45) is 0 Å².